The molecule has 0 spiro atoms. The molecule has 1 fully saturated rings. The highest BCUT2D eigenvalue weighted by Crippen LogP contribution is 2.23. The molecule has 1 heterocycles. The number of benzene rings is 1. The van der Waals surface area contributed by atoms with Gasteiger partial charge in [0.15, 0.2) is 0 Å². The summed E-state index contributed by atoms with van der Waals surface area (Å²) in [4.78, 5) is 14.2. The number of ether oxygens (including phenoxy) is 1. The van der Waals surface area contributed by atoms with E-state index in [1.807, 2.05) is 6.07 Å². The van der Waals surface area contributed by atoms with Crippen molar-refractivity contribution >= 4 is 11.7 Å². The van der Waals surface area contributed by atoms with Crippen molar-refractivity contribution in [3.63, 3.8) is 0 Å². The molecule has 1 aromatic carbocycles. The van der Waals surface area contributed by atoms with Crippen molar-refractivity contribution in [3.05, 3.63) is 29.3 Å². The van der Waals surface area contributed by atoms with Crippen LogP contribution in [0, 0.1) is 6.92 Å². The molecule has 0 aromatic heterocycles. The van der Waals surface area contributed by atoms with E-state index in [4.69, 9.17) is 10.5 Å². The number of hydrogen-bond acceptors (Lipinski definition) is 3. The molecule has 1 atom stereocenters. The second kappa shape index (κ2) is 7.61. The van der Waals surface area contributed by atoms with Crippen molar-refractivity contribution in [2.75, 3.05) is 31.6 Å². The second-order valence-corrected chi connectivity index (χ2v) is 6.17. The zero-order chi connectivity index (χ0) is 16.1. The first-order valence-electron chi connectivity index (χ1n) is 7.99. The van der Waals surface area contributed by atoms with Crippen LogP contribution in [0.25, 0.3) is 0 Å². The molecule has 122 valence electrons. The number of carbonyl (C=O) groups excluding carboxylic acids is 1. The van der Waals surface area contributed by atoms with E-state index in [1.165, 1.54) is 11.1 Å². The third-order valence-electron chi connectivity index (χ3n) is 4.07. The molecule has 0 saturated carbocycles. The minimum absolute atomic E-state index is 0.0498. The van der Waals surface area contributed by atoms with Crippen molar-refractivity contribution in [1.29, 1.82) is 0 Å². The number of rotatable bonds is 4. The first-order valence-corrected chi connectivity index (χ1v) is 7.99. The lowest BCUT2D eigenvalue weighted by atomic mass is 9.97. The molecule has 1 aliphatic rings. The molecule has 1 aromatic rings. The number of nitrogens with zero attached hydrogens (tertiary/aromatic N) is 1. The zero-order valence-electron chi connectivity index (χ0n) is 13.8. The molecule has 2 rings (SSSR count). The topological polar surface area (TPSA) is 67.6 Å². The molecule has 0 radical (unpaired) electrons. The van der Waals surface area contributed by atoms with Gasteiger partial charge in [0, 0.05) is 18.8 Å². The minimum Gasteiger partial charge on any atom is -0.374 e. The summed E-state index contributed by atoms with van der Waals surface area (Å²) >= 11 is 0. The highest BCUT2D eigenvalue weighted by molar-refractivity contribution is 5.89. The van der Waals surface area contributed by atoms with Crippen LogP contribution in [-0.4, -0.2) is 43.3 Å². The Labute approximate surface area is 132 Å². The summed E-state index contributed by atoms with van der Waals surface area (Å²) in [6.45, 7) is 8.79. The van der Waals surface area contributed by atoms with Crippen LogP contribution in [0.3, 0.4) is 0 Å². The van der Waals surface area contributed by atoms with Crippen LogP contribution >= 0.6 is 0 Å². The lowest BCUT2D eigenvalue weighted by Gasteiger charge is -2.32. The van der Waals surface area contributed by atoms with Gasteiger partial charge < -0.3 is 20.7 Å². The number of carbonyl (C=O) groups is 1. The van der Waals surface area contributed by atoms with Crippen LogP contribution in [0.4, 0.5) is 10.5 Å². The minimum atomic E-state index is -0.0659. The summed E-state index contributed by atoms with van der Waals surface area (Å²) in [6.07, 6.45) is 0.833. The van der Waals surface area contributed by atoms with Gasteiger partial charge in [-0.15, -0.1) is 0 Å². The molecule has 1 aliphatic heterocycles. The summed E-state index contributed by atoms with van der Waals surface area (Å²) in [5.41, 5.74) is 8.93. The summed E-state index contributed by atoms with van der Waals surface area (Å²) < 4.78 is 5.61. The third kappa shape index (κ3) is 4.21. The number of morpholine rings is 1. The van der Waals surface area contributed by atoms with Crippen molar-refractivity contribution in [1.82, 2.24) is 4.90 Å². The second-order valence-electron chi connectivity index (χ2n) is 6.17. The first-order chi connectivity index (χ1) is 10.5. The third-order valence-corrected chi connectivity index (χ3v) is 4.07. The van der Waals surface area contributed by atoms with Crippen LogP contribution in [0.1, 0.15) is 37.3 Å². The van der Waals surface area contributed by atoms with Crippen LogP contribution < -0.4 is 11.1 Å². The molecule has 5 heteroatoms. The standard InChI is InChI=1S/C17H27N3O2/c1-12(2)16-10-14(5-4-13(16)3)19-17(21)20-8-9-22-15(11-20)6-7-18/h4-5,10,12,15H,6-9,11,18H2,1-3H3,(H,19,21)/t15-/m0/s1. The maximum atomic E-state index is 12.4. The number of nitrogens with one attached hydrogen (secondary N) is 1. The maximum absolute atomic E-state index is 12.4. The fourth-order valence-electron chi connectivity index (χ4n) is 2.81. The van der Waals surface area contributed by atoms with Gasteiger partial charge in [-0.3, -0.25) is 0 Å². The summed E-state index contributed by atoms with van der Waals surface area (Å²) in [5, 5.41) is 3.00. The van der Waals surface area contributed by atoms with E-state index >= 15 is 0 Å². The van der Waals surface area contributed by atoms with E-state index in [2.05, 4.69) is 38.2 Å². The molecule has 0 aliphatic carbocycles. The number of aryl methyl sites for hydroxylation is 1. The van der Waals surface area contributed by atoms with Gasteiger partial charge in [-0.25, -0.2) is 4.79 Å². The maximum Gasteiger partial charge on any atom is 0.322 e. The first kappa shape index (κ1) is 16.8. The molecule has 5 nitrogen and oxygen atoms in total. The van der Waals surface area contributed by atoms with Crippen molar-refractivity contribution in [2.45, 2.75) is 39.2 Å². The van der Waals surface area contributed by atoms with Gasteiger partial charge in [-0.05, 0) is 49.1 Å². The lowest BCUT2D eigenvalue weighted by Crippen LogP contribution is -2.47. The van der Waals surface area contributed by atoms with Gasteiger partial charge in [0.25, 0.3) is 0 Å². The molecular formula is C17H27N3O2. The lowest BCUT2D eigenvalue weighted by molar-refractivity contribution is -0.0146. The smallest absolute Gasteiger partial charge is 0.322 e. The van der Waals surface area contributed by atoms with E-state index in [0.29, 0.717) is 32.2 Å². The van der Waals surface area contributed by atoms with Crippen LogP contribution in [-0.2, 0) is 4.74 Å². The van der Waals surface area contributed by atoms with Crippen molar-refractivity contribution in [2.24, 2.45) is 5.73 Å². The monoisotopic (exact) mass is 305 g/mol. The Morgan fingerprint density at radius 1 is 1.50 bits per heavy atom. The molecule has 22 heavy (non-hydrogen) atoms. The van der Waals surface area contributed by atoms with E-state index < -0.39 is 0 Å². The number of anilines is 1. The number of nitrogens with two attached hydrogens (primary N) is 1. The molecular weight excluding hydrogens is 278 g/mol. The highest BCUT2D eigenvalue weighted by atomic mass is 16.5. The van der Waals surface area contributed by atoms with E-state index in [0.717, 1.165) is 12.1 Å². The van der Waals surface area contributed by atoms with Crippen LogP contribution in [0.15, 0.2) is 18.2 Å². The normalized spacial score (nSPS) is 18.6. The predicted octanol–water partition coefficient (Wildman–Crippen LogP) is 2.70. The average molecular weight is 305 g/mol. The Bertz CT molecular complexity index is 515. The van der Waals surface area contributed by atoms with Gasteiger partial charge in [-0.2, -0.15) is 0 Å². The molecule has 2 amide bonds. The number of urea groups is 1. The summed E-state index contributed by atoms with van der Waals surface area (Å²) in [7, 11) is 0. The zero-order valence-corrected chi connectivity index (χ0v) is 13.8. The van der Waals surface area contributed by atoms with E-state index in [1.54, 1.807) is 4.90 Å². The van der Waals surface area contributed by atoms with E-state index in [9.17, 15) is 4.79 Å². The Morgan fingerprint density at radius 2 is 2.27 bits per heavy atom. The Hall–Kier alpha value is -1.59. The van der Waals surface area contributed by atoms with Gasteiger partial charge in [0.05, 0.1) is 12.7 Å². The average Bonchev–Trinajstić information content (AvgIpc) is 2.49. The SMILES string of the molecule is Cc1ccc(NC(=O)N2CCO[C@@H](CCN)C2)cc1C(C)C. The fraction of sp³-hybridized carbons (Fsp3) is 0.588. The Balaban J connectivity index is 2.01. The largest absolute Gasteiger partial charge is 0.374 e. The summed E-state index contributed by atoms with van der Waals surface area (Å²) in [5.74, 6) is 0.439. The van der Waals surface area contributed by atoms with Crippen LogP contribution in [0.5, 0.6) is 0 Å². The van der Waals surface area contributed by atoms with Crippen molar-refractivity contribution in [3.8, 4) is 0 Å². The molecule has 0 bridgehead atoms. The highest BCUT2D eigenvalue weighted by Gasteiger charge is 2.23. The Morgan fingerprint density at radius 3 is 2.95 bits per heavy atom. The fourth-order valence-corrected chi connectivity index (χ4v) is 2.81. The quantitative estimate of drug-likeness (QED) is 0.898. The van der Waals surface area contributed by atoms with Crippen molar-refractivity contribution < 1.29 is 9.53 Å². The van der Waals surface area contributed by atoms with E-state index in [-0.39, 0.29) is 12.1 Å². The van der Waals surface area contributed by atoms with Gasteiger partial charge >= 0.3 is 6.03 Å². The summed E-state index contributed by atoms with van der Waals surface area (Å²) in [6, 6.07) is 6.01. The van der Waals surface area contributed by atoms with Gasteiger partial charge in [-0.1, -0.05) is 19.9 Å². The van der Waals surface area contributed by atoms with Crippen LogP contribution in [0.2, 0.25) is 0 Å². The molecule has 3 N–H and O–H groups in total. The predicted molar refractivity (Wildman–Crippen MR) is 89.3 cm³/mol. The number of hydrogen-bond donors (Lipinski definition) is 2. The molecule has 0 unspecified atom stereocenters. The molecule has 1 saturated heterocycles. The number of amides is 2. The Kier molecular flexibility index (Phi) is 5.80. The van der Waals surface area contributed by atoms with Gasteiger partial charge in [0.2, 0.25) is 0 Å². The van der Waals surface area contributed by atoms with Gasteiger partial charge in [0.1, 0.15) is 0 Å².